The molecule has 1 aromatic carbocycles. The number of hydrogen-bond donors (Lipinski definition) is 1. The van der Waals surface area contributed by atoms with Crippen LogP contribution >= 0.6 is 27.7 Å². The summed E-state index contributed by atoms with van der Waals surface area (Å²) in [5.74, 6) is -0.332. The molecule has 0 amide bonds. The zero-order chi connectivity index (χ0) is 19.3. The molecule has 144 valence electrons. The van der Waals surface area contributed by atoms with Crippen molar-refractivity contribution in [3.05, 3.63) is 40.9 Å². The van der Waals surface area contributed by atoms with Gasteiger partial charge in [-0.2, -0.15) is 0 Å². The van der Waals surface area contributed by atoms with Crippen molar-refractivity contribution in [1.82, 2.24) is 0 Å². The van der Waals surface area contributed by atoms with Crippen molar-refractivity contribution in [2.45, 2.75) is 36.9 Å². The van der Waals surface area contributed by atoms with Gasteiger partial charge in [-0.15, -0.1) is 11.8 Å². The average molecular weight is 451 g/mol. The Hall–Kier alpha value is -1.11. The third-order valence-corrected chi connectivity index (χ3v) is 8.02. The molecule has 1 N–H and O–H groups in total. The first-order chi connectivity index (χ1) is 12.9. The Morgan fingerprint density at radius 2 is 2.07 bits per heavy atom. The van der Waals surface area contributed by atoms with Gasteiger partial charge in [0.1, 0.15) is 11.9 Å². The number of carbonyl (C=O) groups excluding carboxylic acids is 2. The predicted octanol–water partition coefficient (Wildman–Crippen LogP) is 3.86. The molecule has 1 heterocycles. The summed E-state index contributed by atoms with van der Waals surface area (Å²) in [5.41, 5.74) is 0.925. The lowest BCUT2D eigenvalue weighted by atomic mass is 9.77. The molecular weight excluding hydrogens is 428 g/mol. The fourth-order valence-corrected chi connectivity index (χ4v) is 6.68. The molecule has 4 nitrogen and oxygen atoms in total. The Morgan fingerprint density at radius 1 is 1.30 bits per heavy atom. The molecule has 0 aromatic heterocycles. The van der Waals surface area contributed by atoms with Gasteiger partial charge in [0.05, 0.1) is 12.0 Å². The second kappa shape index (κ2) is 7.37. The molecule has 6 heteroatoms. The minimum absolute atomic E-state index is 0.0152. The monoisotopic (exact) mass is 450 g/mol. The lowest BCUT2D eigenvalue weighted by molar-refractivity contribution is -0.146. The number of aliphatic hydroxyl groups is 1. The number of esters is 1. The van der Waals surface area contributed by atoms with Crippen molar-refractivity contribution in [1.29, 1.82) is 0 Å². The maximum Gasteiger partial charge on any atom is 0.310 e. The number of halogens is 1. The van der Waals surface area contributed by atoms with Gasteiger partial charge in [0, 0.05) is 39.3 Å². The highest BCUT2D eigenvalue weighted by Crippen LogP contribution is 2.52. The Balaban J connectivity index is 1.59. The highest BCUT2D eigenvalue weighted by molar-refractivity contribution is 9.10. The molecule has 7 atom stereocenters. The van der Waals surface area contributed by atoms with Crippen LogP contribution in [0.5, 0.6) is 0 Å². The normalized spacial score (nSPS) is 38.3. The Kier molecular flexibility index (Phi) is 5.25. The smallest absolute Gasteiger partial charge is 0.310 e. The fourth-order valence-electron chi connectivity index (χ4n) is 5.02. The van der Waals surface area contributed by atoms with Gasteiger partial charge < -0.3 is 9.84 Å². The van der Waals surface area contributed by atoms with Crippen LogP contribution in [0.15, 0.2) is 45.8 Å². The largest absolute Gasteiger partial charge is 0.461 e. The summed E-state index contributed by atoms with van der Waals surface area (Å²) >= 11 is 5.06. The van der Waals surface area contributed by atoms with E-state index in [-0.39, 0.29) is 41.3 Å². The van der Waals surface area contributed by atoms with Gasteiger partial charge in [-0.3, -0.25) is 9.59 Å². The van der Waals surface area contributed by atoms with E-state index in [1.165, 1.54) is 0 Å². The van der Waals surface area contributed by atoms with Crippen LogP contribution in [0.25, 0.3) is 0 Å². The maximum atomic E-state index is 12.7. The lowest BCUT2D eigenvalue weighted by Crippen LogP contribution is -2.38. The van der Waals surface area contributed by atoms with Crippen molar-refractivity contribution >= 4 is 39.4 Å². The molecule has 2 aliphatic carbocycles. The highest BCUT2D eigenvalue weighted by atomic mass is 79.9. The molecule has 0 spiro atoms. The SMILES string of the molecule is C=C1C[C@H](O)[C@@H]2[C@H](OC(=O)[C@H]2CSc2cccc(Br)c2)[C@H]2[C@H](C)C(=O)C[C@@H]12. The summed E-state index contributed by atoms with van der Waals surface area (Å²) in [7, 11) is 0. The number of hydrogen-bond acceptors (Lipinski definition) is 5. The lowest BCUT2D eigenvalue weighted by Gasteiger charge is -2.29. The third kappa shape index (κ3) is 3.40. The highest BCUT2D eigenvalue weighted by Gasteiger charge is 2.58. The van der Waals surface area contributed by atoms with Crippen molar-refractivity contribution in [2.75, 3.05) is 5.75 Å². The van der Waals surface area contributed by atoms with E-state index in [9.17, 15) is 14.7 Å². The van der Waals surface area contributed by atoms with Crippen LogP contribution in [0.1, 0.15) is 19.8 Å². The summed E-state index contributed by atoms with van der Waals surface area (Å²) in [6.07, 6.45) is -0.159. The first-order valence-corrected chi connectivity index (χ1v) is 11.1. The number of ether oxygens (including phenoxy) is 1. The van der Waals surface area contributed by atoms with Crippen LogP contribution in [0.2, 0.25) is 0 Å². The van der Waals surface area contributed by atoms with E-state index in [1.807, 2.05) is 31.2 Å². The van der Waals surface area contributed by atoms with Crippen LogP contribution in [-0.2, 0) is 14.3 Å². The van der Waals surface area contributed by atoms with Crippen LogP contribution < -0.4 is 0 Å². The van der Waals surface area contributed by atoms with Crippen LogP contribution in [0, 0.1) is 29.6 Å². The molecule has 0 bridgehead atoms. The summed E-state index contributed by atoms with van der Waals surface area (Å²) in [5, 5.41) is 10.9. The topological polar surface area (TPSA) is 63.6 Å². The molecule has 2 saturated carbocycles. The molecule has 3 aliphatic rings. The molecule has 0 radical (unpaired) electrons. The number of benzene rings is 1. The van der Waals surface area contributed by atoms with E-state index in [0.717, 1.165) is 14.9 Å². The zero-order valence-electron chi connectivity index (χ0n) is 15.1. The van der Waals surface area contributed by atoms with Gasteiger partial charge in [-0.1, -0.05) is 41.1 Å². The molecule has 3 fully saturated rings. The molecular formula is C21H23BrO4S. The average Bonchev–Trinajstić information content (AvgIpc) is 3.06. The summed E-state index contributed by atoms with van der Waals surface area (Å²) in [6.45, 7) is 6.07. The standard InChI is InChI=1S/C21H23BrO4S/c1-10-6-17(24)19-15(9-27-13-5-3-4-12(22)7-13)21(25)26-20(19)18-11(2)16(23)8-14(10)18/h3-5,7,11,14-15,17-20,24H,1,6,8-9H2,2H3/t11-,14+,15+,17+,18+,19-,20-/m1/s1. The van der Waals surface area contributed by atoms with Gasteiger partial charge in [-0.05, 0) is 30.5 Å². The first kappa shape index (κ1) is 19.2. The minimum Gasteiger partial charge on any atom is -0.461 e. The number of Topliss-reactive ketones (excluding diaryl/α,β-unsaturated/α-hetero) is 1. The molecule has 27 heavy (non-hydrogen) atoms. The summed E-state index contributed by atoms with van der Waals surface area (Å²) in [4.78, 5) is 26.1. The minimum atomic E-state index is -0.657. The van der Waals surface area contributed by atoms with Gasteiger partial charge in [0.2, 0.25) is 0 Å². The van der Waals surface area contributed by atoms with Crippen LogP contribution in [0.3, 0.4) is 0 Å². The number of fused-ring (bicyclic) bond motifs is 3. The second-order valence-corrected chi connectivity index (χ2v) is 9.94. The fraction of sp³-hybridized carbons (Fsp3) is 0.524. The number of ketones is 1. The summed E-state index contributed by atoms with van der Waals surface area (Å²) < 4.78 is 6.80. The van der Waals surface area contributed by atoms with Crippen LogP contribution in [0.4, 0.5) is 0 Å². The maximum absolute atomic E-state index is 12.7. The third-order valence-electron chi connectivity index (χ3n) is 6.41. The van der Waals surface area contributed by atoms with E-state index in [1.54, 1.807) is 11.8 Å². The molecule has 0 unspecified atom stereocenters. The Morgan fingerprint density at radius 3 is 2.81 bits per heavy atom. The van der Waals surface area contributed by atoms with E-state index in [4.69, 9.17) is 4.74 Å². The molecule has 1 aliphatic heterocycles. The molecule has 4 rings (SSSR count). The van der Waals surface area contributed by atoms with E-state index in [0.29, 0.717) is 18.6 Å². The quantitative estimate of drug-likeness (QED) is 0.430. The molecule has 1 aromatic rings. The van der Waals surface area contributed by atoms with Gasteiger partial charge in [0.15, 0.2) is 0 Å². The van der Waals surface area contributed by atoms with E-state index >= 15 is 0 Å². The van der Waals surface area contributed by atoms with Crippen molar-refractivity contribution in [3.63, 3.8) is 0 Å². The number of thioether (sulfide) groups is 1. The summed E-state index contributed by atoms with van der Waals surface area (Å²) in [6, 6.07) is 7.94. The van der Waals surface area contributed by atoms with Crippen molar-refractivity contribution < 1.29 is 19.4 Å². The van der Waals surface area contributed by atoms with Crippen LogP contribution in [-0.4, -0.2) is 34.8 Å². The molecule has 1 saturated heterocycles. The predicted molar refractivity (Wildman–Crippen MR) is 107 cm³/mol. The Bertz CT molecular complexity index is 794. The number of carbonyl (C=O) groups is 2. The number of rotatable bonds is 3. The number of aliphatic hydroxyl groups excluding tert-OH is 1. The van der Waals surface area contributed by atoms with Crippen molar-refractivity contribution in [2.24, 2.45) is 29.6 Å². The van der Waals surface area contributed by atoms with Gasteiger partial charge in [-0.25, -0.2) is 0 Å². The van der Waals surface area contributed by atoms with E-state index < -0.39 is 12.2 Å². The van der Waals surface area contributed by atoms with Gasteiger partial charge in [0.25, 0.3) is 0 Å². The van der Waals surface area contributed by atoms with E-state index in [2.05, 4.69) is 22.5 Å². The Labute approximate surface area is 171 Å². The van der Waals surface area contributed by atoms with Gasteiger partial charge >= 0.3 is 5.97 Å². The van der Waals surface area contributed by atoms with Crippen molar-refractivity contribution in [3.8, 4) is 0 Å². The second-order valence-electron chi connectivity index (χ2n) is 7.93. The first-order valence-electron chi connectivity index (χ1n) is 9.34. The zero-order valence-corrected chi connectivity index (χ0v) is 17.5.